The van der Waals surface area contributed by atoms with Crippen molar-refractivity contribution < 1.29 is 56.3 Å². The fourth-order valence-corrected chi connectivity index (χ4v) is 5.04. The van der Waals surface area contributed by atoms with Gasteiger partial charge in [-0.3, -0.25) is 33.0 Å². The summed E-state index contributed by atoms with van der Waals surface area (Å²) in [5.74, 6) is -4.12. The highest BCUT2D eigenvalue weighted by molar-refractivity contribution is 8.13. The molecule has 1 aliphatic heterocycles. The van der Waals surface area contributed by atoms with Gasteiger partial charge in [0.2, 0.25) is 12.7 Å². The Morgan fingerprint density at radius 2 is 1.78 bits per heavy atom. The SMILES string of the molecule is COC(=O)CCNC(=O)[C@@H]1OP(=O)(OCOC(=O)C[C@@H](CSC(=O)C(C)(C)C)C(=O)OC)OCC1C. The molecule has 15 heteroatoms. The van der Waals surface area contributed by atoms with E-state index in [0.29, 0.717) is 0 Å². The molecule has 1 amide bonds. The molecule has 1 aliphatic rings. The zero-order valence-electron chi connectivity index (χ0n) is 21.2. The van der Waals surface area contributed by atoms with Crippen molar-refractivity contribution in [3.05, 3.63) is 0 Å². The molecule has 1 fully saturated rings. The van der Waals surface area contributed by atoms with Crippen LogP contribution in [0.2, 0.25) is 0 Å². The summed E-state index contributed by atoms with van der Waals surface area (Å²) in [5, 5.41) is 2.32. The van der Waals surface area contributed by atoms with Gasteiger partial charge in [0.25, 0.3) is 0 Å². The maximum Gasteiger partial charge on any atom is 0.478 e. The molecule has 4 atom stereocenters. The number of methoxy groups -OCH3 is 2. The number of carbonyl (C=O) groups is 5. The number of phosphoric ester groups is 1. The first-order valence-corrected chi connectivity index (χ1v) is 13.5. The summed E-state index contributed by atoms with van der Waals surface area (Å²) < 4.78 is 42.1. The summed E-state index contributed by atoms with van der Waals surface area (Å²) in [6.45, 7) is 5.85. The number of rotatable bonds is 12. The molecule has 1 N–H and O–H groups in total. The molecule has 1 saturated heterocycles. The van der Waals surface area contributed by atoms with Crippen molar-refractivity contribution in [3.63, 3.8) is 0 Å². The number of carbonyl (C=O) groups excluding carboxylic acids is 5. The molecule has 0 aromatic heterocycles. The Balaban J connectivity index is 2.58. The Labute approximate surface area is 214 Å². The molecular formula is C21H34NO12PS. The van der Waals surface area contributed by atoms with Crippen molar-refractivity contribution in [1.82, 2.24) is 5.32 Å². The van der Waals surface area contributed by atoms with Crippen molar-refractivity contribution in [2.45, 2.75) is 46.6 Å². The Kier molecular flexibility index (Phi) is 13.1. The van der Waals surface area contributed by atoms with Crippen LogP contribution in [0.15, 0.2) is 0 Å². The largest absolute Gasteiger partial charge is 0.478 e. The summed E-state index contributed by atoms with van der Waals surface area (Å²) in [6.07, 6.45) is -1.66. The first-order chi connectivity index (χ1) is 16.7. The van der Waals surface area contributed by atoms with Gasteiger partial charge in [-0.2, -0.15) is 0 Å². The van der Waals surface area contributed by atoms with Gasteiger partial charge in [0.1, 0.15) is 0 Å². The lowest BCUT2D eigenvalue weighted by Crippen LogP contribution is -2.44. The summed E-state index contributed by atoms with van der Waals surface area (Å²) in [6, 6.07) is 0. The van der Waals surface area contributed by atoms with Crippen molar-refractivity contribution in [2.75, 3.05) is 39.9 Å². The van der Waals surface area contributed by atoms with Gasteiger partial charge in [-0.05, 0) is 0 Å². The average Bonchev–Trinajstić information content (AvgIpc) is 2.81. The van der Waals surface area contributed by atoms with Crippen LogP contribution >= 0.6 is 19.6 Å². The van der Waals surface area contributed by atoms with E-state index in [1.54, 1.807) is 27.7 Å². The van der Waals surface area contributed by atoms with Gasteiger partial charge in [-0.15, -0.1) is 0 Å². The van der Waals surface area contributed by atoms with Crippen LogP contribution in [0.4, 0.5) is 0 Å². The van der Waals surface area contributed by atoms with E-state index in [1.165, 1.54) is 7.11 Å². The number of amides is 1. The van der Waals surface area contributed by atoms with E-state index in [-0.39, 0.29) is 30.4 Å². The molecule has 0 radical (unpaired) electrons. The minimum absolute atomic E-state index is 0.00804. The number of esters is 3. The second kappa shape index (κ2) is 14.7. The van der Waals surface area contributed by atoms with Gasteiger partial charge < -0.3 is 19.5 Å². The lowest BCUT2D eigenvalue weighted by atomic mass is 10.00. The van der Waals surface area contributed by atoms with Gasteiger partial charge in [0, 0.05) is 23.6 Å². The smallest absolute Gasteiger partial charge is 0.469 e. The standard InChI is InChI=1S/C21H34NO12PS/c1-13-10-32-35(28,34-17(13)18(25)22-8-7-15(23)29-5)33-12-31-16(24)9-14(19(26)30-6)11-36-20(27)21(2,3)4/h13-14,17H,7-12H2,1-6H3,(H,22,25)/t13?,14-,17+,35?/m0/s1. The molecule has 0 spiro atoms. The Morgan fingerprint density at radius 3 is 2.36 bits per heavy atom. The van der Waals surface area contributed by atoms with E-state index in [9.17, 15) is 28.5 Å². The summed E-state index contributed by atoms with van der Waals surface area (Å²) in [5.41, 5.74) is -0.626. The number of hydrogen-bond donors (Lipinski definition) is 1. The van der Waals surface area contributed by atoms with E-state index < -0.39 is 68.2 Å². The van der Waals surface area contributed by atoms with Gasteiger partial charge in [-0.25, -0.2) is 9.09 Å². The fourth-order valence-electron chi connectivity index (χ4n) is 2.62. The third kappa shape index (κ3) is 11.0. The number of hydrogen-bond acceptors (Lipinski definition) is 13. The lowest BCUT2D eigenvalue weighted by molar-refractivity contribution is -0.158. The van der Waals surface area contributed by atoms with Crippen LogP contribution in [0.25, 0.3) is 0 Å². The molecule has 0 saturated carbocycles. The van der Waals surface area contributed by atoms with Gasteiger partial charge in [0.15, 0.2) is 11.2 Å². The minimum Gasteiger partial charge on any atom is -0.469 e. The molecule has 0 bridgehead atoms. The summed E-state index contributed by atoms with van der Waals surface area (Å²) in [7, 11) is -1.87. The molecule has 0 aromatic rings. The summed E-state index contributed by atoms with van der Waals surface area (Å²) in [4.78, 5) is 59.9. The number of ether oxygens (including phenoxy) is 3. The third-order valence-electron chi connectivity index (χ3n) is 4.78. The highest BCUT2D eigenvalue weighted by Gasteiger charge is 2.43. The molecule has 2 unspecified atom stereocenters. The van der Waals surface area contributed by atoms with Gasteiger partial charge >= 0.3 is 25.7 Å². The average molecular weight is 556 g/mol. The number of thioether (sulfide) groups is 1. The van der Waals surface area contributed by atoms with Crippen LogP contribution in [0.5, 0.6) is 0 Å². The first kappa shape index (κ1) is 32.0. The van der Waals surface area contributed by atoms with Crippen molar-refractivity contribution in [3.8, 4) is 0 Å². The second-order valence-corrected chi connectivity index (χ2v) is 11.5. The zero-order valence-corrected chi connectivity index (χ0v) is 22.9. The van der Waals surface area contributed by atoms with Crippen molar-refractivity contribution in [2.24, 2.45) is 17.3 Å². The highest BCUT2D eigenvalue weighted by atomic mass is 32.2. The van der Waals surface area contributed by atoms with E-state index in [0.717, 1.165) is 18.9 Å². The Hall–Kier alpha value is -1.99. The monoisotopic (exact) mass is 555 g/mol. The molecule has 0 aromatic carbocycles. The Bertz CT molecular complexity index is 858. The predicted octanol–water partition coefficient (Wildman–Crippen LogP) is 1.83. The number of nitrogens with one attached hydrogen (secondary N) is 1. The van der Waals surface area contributed by atoms with Crippen molar-refractivity contribution in [1.29, 1.82) is 0 Å². The van der Waals surface area contributed by atoms with Crippen LogP contribution in [0.1, 0.15) is 40.5 Å². The molecule has 0 aliphatic carbocycles. The maximum atomic E-state index is 12.7. The van der Waals surface area contributed by atoms with E-state index in [1.807, 2.05) is 0 Å². The Morgan fingerprint density at radius 1 is 1.11 bits per heavy atom. The quantitative estimate of drug-likeness (QED) is 0.160. The van der Waals surface area contributed by atoms with E-state index >= 15 is 0 Å². The maximum absolute atomic E-state index is 12.7. The molecule has 206 valence electrons. The van der Waals surface area contributed by atoms with Crippen LogP contribution in [-0.2, 0) is 56.3 Å². The van der Waals surface area contributed by atoms with Crippen LogP contribution < -0.4 is 5.32 Å². The molecule has 1 rings (SSSR count). The third-order valence-corrected chi connectivity index (χ3v) is 7.59. The lowest BCUT2D eigenvalue weighted by Gasteiger charge is -2.32. The van der Waals surface area contributed by atoms with E-state index in [2.05, 4.69) is 14.8 Å². The highest BCUT2D eigenvalue weighted by Crippen LogP contribution is 2.54. The fraction of sp³-hybridized carbons (Fsp3) is 0.762. The van der Waals surface area contributed by atoms with Crippen molar-refractivity contribution >= 4 is 48.5 Å². The van der Waals surface area contributed by atoms with Crippen LogP contribution in [0, 0.1) is 17.3 Å². The number of phosphoric acid groups is 1. The first-order valence-electron chi connectivity index (χ1n) is 11.0. The molecular weight excluding hydrogens is 521 g/mol. The van der Waals surface area contributed by atoms with Crippen LogP contribution in [0.3, 0.4) is 0 Å². The molecule has 1 heterocycles. The second-order valence-electron chi connectivity index (χ2n) is 8.90. The minimum atomic E-state index is -4.25. The van der Waals surface area contributed by atoms with Gasteiger partial charge in [-0.1, -0.05) is 39.5 Å². The zero-order chi connectivity index (χ0) is 27.5. The topological polar surface area (TPSA) is 170 Å². The normalized spacial score (nSPS) is 22.7. The van der Waals surface area contributed by atoms with Crippen LogP contribution in [-0.4, -0.2) is 75.0 Å². The summed E-state index contributed by atoms with van der Waals surface area (Å²) >= 11 is 0.908. The molecule has 13 nitrogen and oxygen atoms in total. The van der Waals surface area contributed by atoms with Gasteiger partial charge in [0.05, 0.1) is 39.6 Å². The van der Waals surface area contributed by atoms with E-state index in [4.69, 9.17) is 18.3 Å². The molecule has 36 heavy (non-hydrogen) atoms. The predicted molar refractivity (Wildman–Crippen MR) is 126 cm³/mol.